The van der Waals surface area contributed by atoms with E-state index in [-0.39, 0.29) is 5.91 Å². The van der Waals surface area contributed by atoms with E-state index in [2.05, 4.69) is 53.4 Å². The molecule has 1 aromatic heterocycles. The van der Waals surface area contributed by atoms with Gasteiger partial charge in [0.25, 0.3) is 0 Å². The van der Waals surface area contributed by atoms with Gasteiger partial charge < -0.3 is 9.47 Å². The Balaban J connectivity index is 1.52. The molecule has 1 saturated heterocycles. The fourth-order valence-corrected chi connectivity index (χ4v) is 4.69. The first-order chi connectivity index (χ1) is 16.5. The minimum Gasteiger partial charge on any atom is -0.329 e. The van der Waals surface area contributed by atoms with Gasteiger partial charge in [0, 0.05) is 37.6 Å². The lowest BCUT2D eigenvalue weighted by Crippen LogP contribution is -2.56. The van der Waals surface area contributed by atoms with E-state index in [0.29, 0.717) is 37.8 Å². The number of amides is 1. The highest BCUT2D eigenvalue weighted by atomic mass is 16.2. The molecule has 6 nitrogen and oxygen atoms in total. The number of hydrogen-bond acceptors (Lipinski definition) is 4. The summed E-state index contributed by atoms with van der Waals surface area (Å²) in [5.41, 5.74) is 6.31. The van der Waals surface area contributed by atoms with Gasteiger partial charge in [0.15, 0.2) is 0 Å². The first-order valence-electron chi connectivity index (χ1n) is 12.1. The van der Waals surface area contributed by atoms with Gasteiger partial charge in [-0.15, -0.1) is 0 Å². The van der Waals surface area contributed by atoms with Crippen molar-refractivity contribution >= 4 is 11.6 Å². The Morgan fingerprint density at radius 3 is 2.65 bits per heavy atom. The van der Waals surface area contributed by atoms with E-state index >= 15 is 0 Å². The molecule has 0 spiro atoms. The molecule has 2 aromatic carbocycles. The second kappa shape index (κ2) is 10.7. The zero-order valence-electron chi connectivity index (χ0n) is 20.4. The molecule has 3 aromatic rings. The number of aryl methyl sites for hydroxylation is 1. The van der Waals surface area contributed by atoms with Crippen LogP contribution in [0.4, 0.5) is 5.69 Å². The summed E-state index contributed by atoms with van der Waals surface area (Å²) in [5, 5.41) is 9.04. The Morgan fingerprint density at radius 2 is 1.91 bits per heavy atom. The molecular weight excluding hydrogens is 422 g/mol. The minimum atomic E-state index is 0.152. The van der Waals surface area contributed by atoms with Gasteiger partial charge in [0.1, 0.15) is 0 Å². The van der Waals surface area contributed by atoms with Crippen molar-refractivity contribution in [2.45, 2.75) is 59.2 Å². The van der Waals surface area contributed by atoms with E-state index in [4.69, 9.17) is 5.26 Å². The van der Waals surface area contributed by atoms with Gasteiger partial charge >= 0.3 is 0 Å². The van der Waals surface area contributed by atoms with Gasteiger partial charge in [-0.1, -0.05) is 44.0 Å². The quantitative estimate of drug-likeness (QED) is 0.488. The Kier molecular flexibility index (Phi) is 7.44. The summed E-state index contributed by atoms with van der Waals surface area (Å²) in [4.78, 5) is 22.0. The average molecular weight is 456 g/mol. The summed E-state index contributed by atoms with van der Waals surface area (Å²) in [5.74, 6) is 0.152. The second-order valence-corrected chi connectivity index (χ2v) is 9.25. The van der Waals surface area contributed by atoms with Crippen molar-refractivity contribution in [3.63, 3.8) is 0 Å². The predicted octanol–water partition coefficient (Wildman–Crippen LogP) is 4.83. The fourth-order valence-electron chi connectivity index (χ4n) is 4.69. The smallest absolute Gasteiger partial charge is 0.241 e. The normalized spacial score (nSPS) is 16.6. The maximum atomic E-state index is 13.3. The van der Waals surface area contributed by atoms with Gasteiger partial charge in [-0.3, -0.25) is 9.69 Å². The highest BCUT2D eigenvalue weighted by Gasteiger charge is 2.33. The van der Waals surface area contributed by atoms with Crippen LogP contribution in [-0.2, 0) is 17.9 Å². The summed E-state index contributed by atoms with van der Waals surface area (Å²) < 4.78 is 2.14. The molecule has 176 valence electrons. The number of nitrogens with zero attached hydrogens (tertiary/aromatic N) is 5. The number of anilines is 1. The Morgan fingerprint density at radius 1 is 1.12 bits per heavy atom. The van der Waals surface area contributed by atoms with Gasteiger partial charge in [-0.2, -0.15) is 5.26 Å². The Bertz CT molecular complexity index is 1170. The van der Waals surface area contributed by atoms with E-state index in [9.17, 15) is 4.79 Å². The van der Waals surface area contributed by atoms with Crippen molar-refractivity contribution in [2.75, 3.05) is 18.0 Å². The minimum absolute atomic E-state index is 0.152. The lowest BCUT2D eigenvalue weighted by atomic mass is 10.0. The van der Waals surface area contributed by atoms with Crippen LogP contribution >= 0.6 is 0 Å². The van der Waals surface area contributed by atoms with Crippen molar-refractivity contribution in [3.05, 3.63) is 82.9 Å². The lowest BCUT2D eigenvalue weighted by Gasteiger charge is -2.41. The molecule has 6 heteroatoms. The zero-order valence-corrected chi connectivity index (χ0v) is 20.4. The monoisotopic (exact) mass is 455 g/mol. The standard InChI is InChI=1S/C28H33N5O/c1-4-5-8-25-18-33(27-9-6-7-21(2)22(27)3)28(34)19-31(25)17-26-15-30-20-32(26)16-24-12-10-23(14-29)11-13-24/h6-7,9-13,15,20,25H,4-5,8,16-19H2,1-3H3/t25-/m0/s1. The average Bonchev–Trinajstić information content (AvgIpc) is 3.27. The van der Waals surface area contributed by atoms with Gasteiger partial charge in [-0.25, -0.2) is 4.98 Å². The molecule has 4 rings (SSSR count). The van der Waals surface area contributed by atoms with E-state index in [1.165, 1.54) is 11.1 Å². The third kappa shape index (κ3) is 5.21. The summed E-state index contributed by atoms with van der Waals surface area (Å²) in [6, 6.07) is 16.3. The number of rotatable bonds is 8. The molecule has 0 radical (unpaired) electrons. The third-order valence-electron chi connectivity index (χ3n) is 6.91. The van der Waals surface area contributed by atoms with Crippen LogP contribution in [0.25, 0.3) is 0 Å². The van der Waals surface area contributed by atoms with Crippen molar-refractivity contribution < 1.29 is 4.79 Å². The highest BCUT2D eigenvalue weighted by Crippen LogP contribution is 2.28. The fraction of sp³-hybridized carbons (Fsp3) is 0.393. The first-order valence-corrected chi connectivity index (χ1v) is 12.1. The predicted molar refractivity (Wildman–Crippen MR) is 134 cm³/mol. The molecule has 1 fully saturated rings. The van der Waals surface area contributed by atoms with E-state index < -0.39 is 0 Å². The van der Waals surface area contributed by atoms with Gasteiger partial charge in [0.2, 0.25) is 5.91 Å². The molecule has 0 unspecified atom stereocenters. The van der Waals surface area contributed by atoms with Crippen LogP contribution in [0.15, 0.2) is 55.0 Å². The summed E-state index contributed by atoms with van der Waals surface area (Å²) >= 11 is 0. The molecule has 0 bridgehead atoms. The number of benzene rings is 2. The van der Waals surface area contributed by atoms with Crippen molar-refractivity contribution in [1.29, 1.82) is 5.26 Å². The third-order valence-corrected chi connectivity index (χ3v) is 6.91. The molecule has 0 aliphatic carbocycles. The number of carbonyl (C=O) groups excluding carboxylic acids is 1. The molecule has 1 aliphatic rings. The molecule has 2 heterocycles. The topological polar surface area (TPSA) is 65.2 Å². The van der Waals surface area contributed by atoms with E-state index in [0.717, 1.165) is 36.2 Å². The van der Waals surface area contributed by atoms with Crippen LogP contribution in [0.1, 0.15) is 54.1 Å². The molecular formula is C28H33N5O. The zero-order chi connectivity index (χ0) is 24.1. The summed E-state index contributed by atoms with van der Waals surface area (Å²) in [7, 11) is 0. The van der Waals surface area contributed by atoms with Crippen LogP contribution in [0.5, 0.6) is 0 Å². The SMILES string of the molecule is CCCC[C@H]1CN(c2cccc(C)c2C)C(=O)CN1Cc1cncn1Cc1ccc(C#N)cc1. The number of unbranched alkanes of at least 4 members (excludes halogenated alkanes) is 1. The maximum absolute atomic E-state index is 13.3. The number of nitriles is 1. The maximum Gasteiger partial charge on any atom is 0.241 e. The van der Waals surface area contributed by atoms with Crippen molar-refractivity contribution in [2.24, 2.45) is 0 Å². The van der Waals surface area contributed by atoms with Crippen LogP contribution in [0, 0.1) is 25.2 Å². The van der Waals surface area contributed by atoms with E-state index in [1.807, 2.05) is 47.8 Å². The Labute approximate surface area is 202 Å². The van der Waals surface area contributed by atoms with Crippen LogP contribution < -0.4 is 4.90 Å². The summed E-state index contributed by atoms with van der Waals surface area (Å²) in [6.45, 7) is 8.93. The molecule has 1 atom stereocenters. The molecule has 0 N–H and O–H groups in total. The van der Waals surface area contributed by atoms with Crippen molar-refractivity contribution in [1.82, 2.24) is 14.5 Å². The number of aromatic nitrogens is 2. The van der Waals surface area contributed by atoms with E-state index in [1.54, 1.807) is 0 Å². The van der Waals surface area contributed by atoms with Gasteiger partial charge in [0.05, 0.1) is 30.2 Å². The van der Waals surface area contributed by atoms with Crippen LogP contribution in [0.3, 0.4) is 0 Å². The number of carbonyl (C=O) groups is 1. The molecule has 34 heavy (non-hydrogen) atoms. The van der Waals surface area contributed by atoms with Gasteiger partial charge in [-0.05, 0) is 55.2 Å². The molecule has 0 saturated carbocycles. The second-order valence-electron chi connectivity index (χ2n) is 9.25. The van der Waals surface area contributed by atoms with Crippen molar-refractivity contribution in [3.8, 4) is 6.07 Å². The highest BCUT2D eigenvalue weighted by molar-refractivity contribution is 5.96. The number of piperazine rings is 1. The largest absolute Gasteiger partial charge is 0.329 e. The number of hydrogen-bond donors (Lipinski definition) is 0. The Hall–Kier alpha value is -3.43. The first kappa shape index (κ1) is 23.7. The lowest BCUT2D eigenvalue weighted by molar-refractivity contribution is -0.122. The van der Waals surface area contributed by atoms with Crippen LogP contribution in [-0.4, -0.2) is 39.5 Å². The summed E-state index contributed by atoms with van der Waals surface area (Å²) in [6.07, 6.45) is 7.10. The van der Waals surface area contributed by atoms with Crippen LogP contribution in [0.2, 0.25) is 0 Å². The molecule has 1 amide bonds. The number of imidazole rings is 1. The molecule has 1 aliphatic heterocycles.